The van der Waals surface area contributed by atoms with Crippen LogP contribution in [0.5, 0.6) is 5.75 Å². The number of hydrogen-bond acceptors (Lipinski definition) is 2. The van der Waals surface area contributed by atoms with E-state index in [0.29, 0.717) is 6.42 Å². The molecule has 0 saturated carbocycles. The Kier molecular flexibility index (Phi) is 4.15. The van der Waals surface area contributed by atoms with Crippen LogP contribution in [0.4, 0.5) is 0 Å². The summed E-state index contributed by atoms with van der Waals surface area (Å²) in [5.41, 5.74) is 0. The number of rotatable bonds is 4. The van der Waals surface area contributed by atoms with Crippen molar-refractivity contribution in [1.82, 2.24) is 4.72 Å². The van der Waals surface area contributed by atoms with Gasteiger partial charge in [-0.3, -0.25) is 4.55 Å². The van der Waals surface area contributed by atoms with Crippen molar-refractivity contribution in [1.29, 1.82) is 0 Å². The van der Waals surface area contributed by atoms with Gasteiger partial charge in [-0.1, -0.05) is 42.5 Å². The Morgan fingerprint density at radius 2 is 2.00 bits per heavy atom. The highest BCUT2D eigenvalue weighted by Crippen LogP contribution is 2.27. The van der Waals surface area contributed by atoms with Crippen molar-refractivity contribution < 1.29 is 13.5 Å². The zero-order valence-electron chi connectivity index (χ0n) is 11.2. The fraction of sp³-hybridized carbons (Fsp3) is 0.125. The molecule has 4 nitrogen and oxygen atoms in total. The van der Waals surface area contributed by atoms with E-state index < -0.39 is 11.3 Å². The molecule has 0 aromatic heterocycles. The first-order valence-electron chi connectivity index (χ1n) is 6.63. The van der Waals surface area contributed by atoms with Gasteiger partial charge in [0.15, 0.2) is 0 Å². The highest BCUT2D eigenvalue weighted by molar-refractivity contribution is 7.77. The summed E-state index contributed by atoms with van der Waals surface area (Å²) < 4.78 is 28.0. The number of hydrogen-bond donors (Lipinski definition) is 2. The Labute approximate surface area is 125 Å². The number of nitrogens with one attached hydrogen (secondary N) is 1. The molecule has 0 saturated heterocycles. The summed E-state index contributed by atoms with van der Waals surface area (Å²) in [5, 5.41) is 2.19. The van der Waals surface area contributed by atoms with E-state index in [1.54, 1.807) is 0 Å². The van der Waals surface area contributed by atoms with Gasteiger partial charge in [-0.05, 0) is 30.0 Å². The predicted molar refractivity (Wildman–Crippen MR) is 84.1 cm³/mol. The third kappa shape index (κ3) is 3.39. The first kappa shape index (κ1) is 14.0. The summed E-state index contributed by atoms with van der Waals surface area (Å²) in [5.74, 6) is 1.55. The van der Waals surface area contributed by atoms with E-state index in [2.05, 4.69) is 4.72 Å². The lowest BCUT2D eigenvalue weighted by molar-refractivity contribution is 0.440. The minimum absolute atomic E-state index is 0.143. The average molecular weight is 301 g/mol. The highest BCUT2D eigenvalue weighted by atomic mass is 32.2. The number of allylic oxidation sites excluding steroid dienone is 1. The molecule has 0 aliphatic heterocycles. The van der Waals surface area contributed by atoms with E-state index in [9.17, 15) is 4.21 Å². The topological polar surface area (TPSA) is 58.6 Å². The van der Waals surface area contributed by atoms with Crippen molar-refractivity contribution >= 4 is 22.0 Å². The van der Waals surface area contributed by atoms with Gasteiger partial charge in [0.05, 0.1) is 0 Å². The Balaban J connectivity index is 1.77. The van der Waals surface area contributed by atoms with Crippen LogP contribution >= 0.6 is 0 Å². The molecular formula is C16H15NO3S. The summed E-state index contributed by atoms with van der Waals surface area (Å²) >= 11 is -2.00. The smallest absolute Gasteiger partial charge is 0.232 e. The van der Waals surface area contributed by atoms with Crippen LogP contribution in [0.15, 0.2) is 66.5 Å². The molecular weight excluding hydrogens is 286 g/mol. The third-order valence-electron chi connectivity index (χ3n) is 3.30. The lowest BCUT2D eigenvalue weighted by atomic mass is 10.1. The van der Waals surface area contributed by atoms with Crippen LogP contribution in [0.1, 0.15) is 6.42 Å². The number of benzene rings is 2. The monoisotopic (exact) mass is 301 g/mol. The summed E-state index contributed by atoms with van der Waals surface area (Å²) in [6, 6.07) is 13.8. The standard InChI is InChI=1S/C16H15NO3S/c18-21(19)17-13-8-10-14(11-9-13)20-16-7-3-5-12-4-1-2-6-15(12)16/h1-8,10-11,13,17H,9H2,(H,18,19). The Morgan fingerprint density at radius 1 is 1.19 bits per heavy atom. The Hall–Kier alpha value is -1.95. The maximum Gasteiger partial charge on any atom is 0.232 e. The largest absolute Gasteiger partial charge is 0.457 e. The molecule has 0 heterocycles. The maximum atomic E-state index is 10.7. The Bertz CT molecular complexity index is 734. The minimum Gasteiger partial charge on any atom is -0.457 e. The molecule has 5 heteroatoms. The summed E-state index contributed by atoms with van der Waals surface area (Å²) in [6.45, 7) is 0. The van der Waals surface area contributed by atoms with Crippen LogP contribution in [0, 0.1) is 0 Å². The Morgan fingerprint density at radius 3 is 2.76 bits per heavy atom. The van der Waals surface area contributed by atoms with E-state index >= 15 is 0 Å². The molecule has 1 aliphatic carbocycles. The molecule has 2 aromatic carbocycles. The van der Waals surface area contributed by atoms with Gasteiger partial charge >= 0.3 is 0 Å². The summed E-state index contributed by atoms with van der Waals surface area (Å²) in [6.07, 6.45) is 6.17. The second-order valence-electron chi connectivity index (χ2n) is 4.75. The normalized spacial score (nSPS) is 19.3. The molecule has 2 unspecified atom stereocenters. The van der Waals surface area contributed by atoms with Gasteiger partial charge in [-0.15, -0.1) is 0 Å². The van der Waals surface area contributed by atoms with Crippen molar-refractivity contribution in [3.63, 3.8) is 0 Å². The molecule has 21 heavy (non-hydrogen) atoms. The van der Waals surface area contributed by atoms with Crippen molar-refractivity contribution in [2.45, 2.75) is 12.5 Å². The predicted octanol–water partition coefficient (Wildman–Crippen LogP) is 3.16. The molecule has 0 spiro atoms. The molecule has 0 fully saturated rings. The molecule has 1 aliphatic rings. The van der Waals surface area contributed by atoms with Gasteiger partial charge in [-0.2, -0.15) is 0 Å². The van der Waals surface area contributed by atoms with Crippen molar-refractivity contribution in [2.24, 2.45) is 0 Å². The average Bonchev–Trinajstić information content (AvgIpc) is 2.49. The van der Waals surface area contributed by atoms with E-state index in [1.807, 2.05) is 60.7 Å². The maximum absolute atomic E-state index is 10.7. The van der Waals surface area contributed by atoms with Gasteiger partial charge in [0.25, 0.3) is 0 Å². The molecule has 108 valence electrons. The van der Waals surface area contributed by atoms with Crippen molar-refractivity contribution in [3.8, 4) is 5.75 Å². The van der Waals surface area contributed by atoms with E-state index in [-0.39, 0.29) is 6.04 Å². The molecule has 2 atom stereocenters. The van der Waals surface area contributed by atoms with Crippen molar-refractivity contribution in [3.05, 3.63) is 66.5 Å². The quantitative estimate of drug-likeness (QED) is 0.853. The molecule has 2 aromatic rings. The molecule has 0 amide bonds. The zero-order valence-corrected chi connectivity index (χ0v) is 12.0. The molecule has 0 radical (unpaired) electrons. The first-order chi connectivity index (χ1) is 10.2. The van der Waals surface area contributed by atoms with Crippen LogP contribution in [0.2, 0.25) is 0 Å². The van der Waals surface area contributed by atoms with Gasteiger partial charge in [0, 0.05) is 11.4 Å². The van der Waals surface area contributed by atoms with Gasteiger partial charge in [0.1, 0.15) is 11.5 Å². The SMILES string of the molecule is O=S(O)NC1C=CC(Oc2cccc3ccccc23)=CC1. The van der Waals surface area contributed by atoms with Crippen LogP contribution in [0.25, 0.3) is 10.8 Å². The third-order valence-corrected chi connectivity index (χ3v) is 3.80. The lowest BCUT2D eigenvalue weighted by Crippen LogP contribution is -2.29. The molecule has 0 bridgehead atoms. The van der Waals surface area contributed by atoms with Crippen LogP contribution < -0.4 is 9.46 Å². The van der Waals surface area contributed by atoms with Crippen LogP contribution in [-0.4, -0.2) is 14.8 Å². The van der Waals surface area contributed by atoms with Crippen molar-refractivity contribution in [2.75, 3.05) is 0 Å². The highest BCUT2D eigenvalue weighted by Gasteiger charge is 2.12. The molecule has 2 N–H and O–H groups in total. The number of fused-ring (bicyclic) bond motifs is 1. The fourth-order valence-corrected chi connectivity index (χ4v) is 2.74. The second kappa shape index (κ2) is 6.22. The number of ether oxygens (including phenoxy) is 1. The van der Waals surface area contributed by atoms with E-state index in [0.717, 1.165) is 22.3 Å². The summed E-state index contributed by atoms with van der Waals surface area (Å²) in [7, 11) is 0. The second-order valence-corrected chi connectivity index (χ2v) is 5.49. The van der Waals surface area contributed by atoms with E-state index in [4.69, 9.17) is 9.29 Å². The van der Waals surface area contributed by atoms with Gasteiger partial charge in [0.2, 0.25) is 11.3 Å². The summed E-state index contributed by atoms with van der Waals surface area (Å²) in [4.78, 5) is 0. The molecule has 3 rings (SSSR count). The lowest BCUT2D eigenvalue weighted by Gasteiger charge is -2.16. The van der Waals surface area contributed by atoms with Gasteiger partial charge in [-0.25, -0.2) is 8.93 Å². The first-order valence-corrected chi connectivity index (χ1v) is 7.74. The van der Waals surface area contributed by atoms with Crippen LogP contribution in [-0.2, 0) is 11.3 Å². The minimum atomic E-state index is -2.00. The van der Waals surface area contributed by atoms with Crippen LogP contribution in [0.3, 0.4) is 0 Å². The zero-order chi connectivity index (χ0) is 14.7. The fourth-order valence-electron chi connectivity index (χ4n) is 2.30. The van der Waals surface area contributed by atoms with Gasteiger partial charge < -0.3 is 4.74 Å². The van der Waals surface area contributed by atoms with E-state index in [1.165, 1.54) is 0 Å².